The first-order chi connectivity index (χ1) is 8.99. The van der Waals surface area contributed by atoms with Crippen molar-refractivity contribution in [2.75, 3.05) is 13.1 Å². The molecule has 0 saturated heterocycles. The molecule has 1 aromatic rings. The highest BCUT2D eigenvalue weighted by atomic mass is 32.1. The summed E-state index contributed by atoms with van der Waals surface area (Å²) in [5, 5.41) is 13.5. The molecular weight excluding hydrogens is 266 g/mol. The molecule has 0 fully saturated rings. The monoisotopic (exact) mass is 281 g/mol. The smallest absolute Gasteiger partial charge is 0.269 e. The lowest BCUT2D eigenvalue weighted by Crippen LogP contribution is -2.42. The van der Waals surface area contributed by atoms with E-state index in [9.17, 15) is 14.9 Å². The van der Waals surface area contributed by atoms with Crippen molar-refractivity contribution in [3.05, 3.63) is 39.9 Å². The highest BCUT2D eigenvalue weighted by Crippen LogP contribution is 2.11. The summed E-state index contributed by atoms with van der Waals surface area (Å²) in [6.07, 6.45) is 0. The van der Waals surface area contributed by atoms with E-state index in [1.54, 1.807) is 0 Å². The van der Waals surface area contributed by atoms with E-state index in [4.69, 9.17) is 12.2 Å². The molecular formula is C12H15N3O3S. The summed E-state index contributed by atoms with van der Waals surface area (Å²) in [4.78, 5) is 23.7. The fraction of sp³-hybridized carbons (Fsp3) is 0.333. The molecule has 0 aliphatic heterocycles. The number of non-ortho nitro benzene ring substituents is 1. The van der Waals surface area contributed by atoms with Crippen molar-refractivity contribution < 1.29 is 9.72 Å². The number of nitrogens with one attached hydrogen (secondary N) is 1. The van der Waals surface area contributed by atoms with E-state index in [2.05, 4.69) is 5.32 Å². The number of amides is 1. The Labute approximate surface area is 116 Å². The summed E-state index contributed by atoms with van der Waals surface area (Å²) in [7, 11) is 0. The minimum absolute atomic E-state index is 0.0529. The molecule has 0 aliphatic rings. The van der Waals surface area contributed by atoms with Crippen molar-refractivity contribution >= 4 is 28.9 Å². The Morgan fingerprint density at radius 2 is 1.84 bits per heavy atom. The minimum atomic E-state index is -0.512. The Kier molecular flexibility index (Phi) is 5.37. The number of hydrogen-bond donors (Lipinski definition) is 1. The number of nitro benzene ring substituents is 1. The maximum Gasteiger partial charge on any atom is 0.269 e. The van der Waals surface area contributed by atoms with Crippen LogP contribution in [0.4, 0.5) is 5.69 Å². The number of rotatable bonds is 4. The molecule has 0 aliphatic carbocycles. The van der Waals surface area contributed by atoms with Crippen LogP contribution in [-0.2, 0) is 0 Å². The van der Waals surface area contributed by atoms with Crippen LogP contribution in [0.15, 0.2) is 24.3 Å². The molecule has 0 aromatic heterocycles. The van der Waals surface area contributed by atoms with Crippen LogP contribution in [0.3, 0.4) is 0 Å². The zero-order chi connectivity index (χ0) is 14.4. The topological polar surface area (TPSA) is 75.5 Å². The van der Waals surface area contributed by atoms with E-state index in [0.717, 1.165) is 0 Å². The Morgan fingerprint density at radius 1 is 1.32 bits per heavy atom. The van der Waals surface area contributed by atoms with E-state index in [0.29, 0.717) is 23.8 Å². The summed E-state index contributed by atoms with van der Waals surface area (Å²) in [6.45, 7) is 5.29. The molecule has 0 bridgehead atoms. The molecule has 6 nitrogen and oxygen atoms in total. The van der Waals surface area contributed by atoms with Crippen LogP contribution < -0.4 is 5.32 Å². The van der Waals surface area contributed by atoms with Crippen LogP contribution in [0.5, 0.6) is 0 Å². The molecule has 19 heavy (non-hydrogen) atoms. The van der Waals surface area contributed by atoms with Crippen molar-refractivity contribution in [1.82, 2.24) is 10.2 Å². The molecule has 0 heterocycles. The Hall–Kier alpha value is -2.02. The van der Waals surface area contributed by atoms with Crippen molar-refractivity contribution in [1.29, 1.82) is 0 Å². The van der Waals surface area contributed by atoms with E-state index in [-0.39, 0.29) is 11.6 Å². The second-order valence-electron chi connectivity index (χ2n) is 3.74. The normalized spacial score (nSPS) is 9.79. The first-order valence-corrected chi connectivity index (χ1v) is 6.25. The first kappa shape index (κ1) is 15.0. The lowest BCUT2D eigenvalue weighted by Gasteiger charge is -2.21. The average molecular weight is 281 g/mol. The van der Waals surface area contributed by atoms with Crippen LogP contribution in [-0.4, -0.2) is 33.9 Å². The molecule has 0 radical (unpaired) electrons. The Balaban J connectivity index is 2.73. The average Bonchev–Trinajstić information content (AvgIpc) is 2.40. The minimum Gasteiger partial charge on any atom is -0.350 e. The largest absolute Gasteiger partial charge is 0.350 e. The second kappa shape index (κ2) is 6.79. The maximum absolute atomic E-state index is 11.9. The number of nitro groups is 1. The van der Waals surface area contributed by atoms with Gasteiger partial charge in [-0.3, -0.25) is 20.2 Å². The predicted octanol–water partition coefficient (Wildman–Crippen LogP) is 1.95. The molecule has 7 heteroatoms. The Morgan fingerprint density at radius 3 is 2.26 bits per heavy atom. The third-order valence-corrected chi connectivity index (χ3v) is 2.97. The van der Waals surface area contributed by atoms with Crippen molar-refractivity contribution in [3.8, 4) is 0 Å². The van der Waals surface area contributed by atoms with Crippen LogP contribution in [0.2, 0.25) is 0 Å². The molecule has 1 rings (SSSR count). The number of thiocarbonyl (C=S) groups is 1. The molecule has 0 atom stereocenters. The number of hydrogen-bond acceptors (Lipinski definition) is 4. The molecule has 1 N–H and O–H groups in total. The van der Waals surface area contributed by atoms with Gasteiger partial charge in [0.25, 0.3) is 11.6 Å². The van der Waals surface area contributed by atoms with Gasteiger partial charge in [0, 0.05) is 30.8 Å². The van der Waals surface area contributed by atoms with Crippen molar-refractivity contribution in [2.24, 2.45) is 0 Å². The van der Waals surface area contributed by atoms with E-state index >= 15 is 0 Å². The van der Waals surface area contributed by atoms with Crippen LogP contribution >= 0.6 is 12.2 Å². The summed E-state index contributed by atoms with van der Waals surface area (Å²) < 4.78 is 0. The van der Waals surface area contributed by atoms with Gasteiger partial charge in [-0.15, -0.1) is 0 Å². The summed E-state index contributed by atoms with van der Waals surface area (Å²) in [6, 6.07) is 5.38. The molecule has 102 valence electrons. The van der Waals surface area contributed by atoms with Gasteiger partial charge in [-0.05, 0) is 38.2 Å². The number of nitrogens with zero attached hydrogens (tertiary/aromatic N) is 2. The lowest BCUT2D eigenvalue weighted by atomic mass is 10.2. The first-order valence-electron chi connectivity index (χ1n) is 5.84. The lowest BCUT2D eigenvalue weighted by molar-refractivity contribution is -0.384. The van der Waals surface area contributed by atoms with Crippen LogP contribution in [0.1, 0.15) is 24.2 Å². The standard InChI is InChI=1S/C12H15N3O3S/c1-3-14(4-2)12(19)13-11(16)9-5-7-10(8-6-9)15(17)18/h5-8H,3-4H2,1-2H3,(H,13,16,19). The molecule has 0 unspecified atom stereocenters. The fourth-order valence-corrected chi connectivity index (χ4v) is 1.84. The van der Waals surface area contributed by atoms with Crippen molar-refractivity contribution in [3.63, 3.8) is 0 Å². The van der Waals surface area contributed by atoms with Crippen LogP contribution in [0, 0.1) is 10.1 Å². The van der Waals surface area contributed by atoms with E-state index in [1.165, 1.54) is 24.3 Å². The van der Waals surface area contributed by atoms with Gasteiger partial charge in [-0.1, -0.05) is 0 Å². The van der Waals surface area contributed by atoms with Gasteiger partial charge in [0.2, 0.25) is 0 Å². The van der Waals surface area contributed by atoms with Gasteiger partial charge < -0.3 is 4.90 Å². The second-order valence-corrected chi connectivity index (χ2v) is 4.12. The number of benzene rings is 1. The summed E-state index contributed by atoms with van der Waals surface area (Å²) >= 11 is 5.10. The van der Waals surface area contributed by atoms with Gasteiger partial charge in [-0.2, -0.15) is 0 Å². The van der Waals surface area contributed by atoms with Gasteiger partial charge in [0.1, 0.15) is 0 Å². The highest BCUT2D eigenvalue weighted by Gasteiger charge is 2.12. The summed E-state index contributed by atoms with van der Waals surface area (Å²) in [5.74, 6) is -0.369. The van der Waals surface area contributed by atoms with Gasteiger partial charge in [0.05, 0.1) is 4.92 Å². The third kappa shape index (κ3) is 3.99. The van der Waals surface area contributed by atoms with Gasteiger partial charge in [0.15, 0.2) is 5.11 Å². The van der Waals surface area contributed by atoms with Gasteiger partial charge in [-0.25, -0.2) is 0 Å². The highest BCUT2D eigenvalue weighted by molar-refractivity contribution is 7.80. The molecule has 0 spiro atoms. The molecule has 1 aromatic carbocycles. The van der Waals surface area contributed by atoms with Crippen molar-refractivity contribution in [2.45, 2.75) is 13.8 Å². The van der Waals surface area contributed by atoms with Gasteiger partial charge >= 0.3 is 0 Å². The summed E-state index contributed by atoms with van der Waals surface area (Å²) in [5.41, 5.74) is 0.281. The zero-order valence-electron chi connectivity index (χ0n) is 10.8. The Bertz CT molecular complexity index is 483. The molecule has 1 amide bonds. The SMILES string of the molecule is CCN(CC)C(=S)NC(=O)c1ccc([N+](=O)[O-])cc1. The fourth-order valence-electron chi connectivity index (χ4n) is 1.49. The number of carbonyl (C=O) groups is 1. The number of carbonyl (C=O) groups excluding carboxylic acids is 1. The van der Waals surface area contributed by atoms with Crippen LogP contribution in [0.25, 0.3) is 0 Å². The maximum atomic E-state index is 11.9. The van der Waals surface area contributed by atoms with E-state index < -0.39 is 4.92 Å². The third-order valence-electron chi connectivity index (χ3n) is 2.61. The molecule has 0 saturated carbocycles. The zero-order valence-corrected chi connectivity index (χ0v) is 11.6. The quantitative estimate of drug-likeness (QED) is 0.518. The predicted molar refractivity (Wildman–Crippen MR) is 76.1 cm³/mol. The van der Waals surface area contributed by atoms with E-state index in [1.807, 2.05) is 18.7 Å².